The predicted molar refractivity (Wildman–Crippen MR) is 127 cm³/mol. The van der Waals surface area contributed by atoms with Crippen LogP contribution in [0.2, 0.25) is 0 Å². The molecule has 1 aliphatic rings. The molecule has 1 unspecified atom stereocenters. The fourth-order valence-electron chi connectivity index (χ4n) is 3.27. The smallest absolute Gasteiger partial charge is 0.125 e. The molecule has 2 aromatic carbocycles. The summed E-state index contributed by atoms with van der Waals surface area (Å²) in [6, 6.07) is 13.5. The number of allylic oxidation sites excluding steroid dienone is 1. The van der Waals surface area contributed by atoms with E-state index in [2.05, 4.69) is 40.9 Å². The Morgan fingerprint density at radius 2 is 2.06 bits per heavy atom. The standard InChI is InChI=1S/C26H30FN3O/c1-5-11-31-20(3)16-28-17-23-7-6-8-24(14-23)21(4)30-18-26(30)29-10-9-22-12-19(2)13-25(27)15-22/h6-10,12-17,21H,5,11,18H2,1-4H3/b10-9+,20-16+,28-17?,29-26?. The molecule has 1 fully saturated rings. The molecule has 1 aliphatic heterocycles. The molecule has 31 heavy (non-hydrogen) atoms. The topological polar surface area (TPSA) is 37.0 Å². The summed E-state index contributed by atoms with van der Waals surface area (Å²) in [6.07, 6.45) is 8.15. The Morgan fingerprint density at radius 3 is 2.84 bits per heavy atom. The van der Waals surface area contributed by atoms with Gasteiger partial charge < -0.3 is 9.64 Å². The zero-order valence-electron chi connectivity index (χ0n) is 18.7. The normalized spacial score (nSPS) is 16.5. The van der Waals surface area contributed by atoms with E-state index >= 15 is 0 Å². The molecule has 0 aliphatic carbocycles. The van der Waals surface area contributed by atoms with Crippen molar-refractivity contribution in [3.8, 4) is 0 Å². The van der Waals surface area contributed by atoms with Gasteiger partial charge in [0.1, 0.15) is 17.4 Å². The first-order valence-electron chi connectivity index (χ1n) is 10.7. The Kier molecular flexibility index (Phi) is 7.76. The van der Waals surface area contributed by atoms with E-state index in [0.717, 1.165) is 41.3 Å². The van der Waals surface area contributed by atoms with Gasteiger partial charge in [0, 0.05) is 12.4 Å². The molecule has 1 saturated heterocycles. The molecule has 0 saturated carbocycles. The number of aryl methyl sites for hydroxylation is 1. The summed E-state index contributed by atoms with van der Waals surface area (Å²) >= 11 is 0. The van der Waals surface area contributed by atoms with Gasteiger partial charge in [0.25, 0.3) is 0 Å². The van der Waals surface area contributed by atoms with E-state index in [0.29, 0.717) is 6.61 Å². The molecule has 3 rings (SSSR count). The van der Waals surface area contributed by atoms with E-state index in [4.69, 9.17) is 4.74 Å². The van der Waals surface area contributed by atoms with Crippen LogP contribution in [-0.4, -0.2) is 30.1 Å². The van der Waals surface area contributed by atoms with Crippen LogP contribution in [0.25, 0.3) is 6.08 Å². The minimum Gasteiger partial charge on any atom is -0.497 e. The van der Waals surface area contributed by atoms with Gasteiger partial charge in [-0.2, -0.15) is 0 Å². The molecule has 162 valence electrons. The molecule has 4 nitrogen and oxygen atoms in total. The van der Waals surface area contributed by atoms with Crippen LogP contribution in [0, 0.1) is 12.7 Å². The molecule has 2 aromatic rings. The Bertz CT molecular complexity index is 1000. The molecule has 0 aromatic heterocycles. The highest BCUT2D eigenvalue weighted by atomic mass is 19.1. The molecule has 1 atom stereocenters. The van der Waals surface area contributed by atoms with Gasteiger partial charge >= 0.3 is 0 Å². The number of rotatable bonds is 9. The van der Waals surface area contributed by atoms with Gasteiger partial charge in [-0.25, -0.2) is 9.38 Å². The van der Waals surface area contributed by atoms with Crippen molar-refractivity contribution in [2.24, 2.45) is 9.98 Å². The lowest BCUT2D eigenvalue weighted by atomic mass is 10.1. The maximum absolute atomic E-state index is 13.5. The lowest BCUT2D eigenvalue weighted by Gasteiger charge is -2.13. The van der Waals surface area contributed by atoms with Crippen LogP contribution >= 0.6 is 0 Å². The maximum Gasteiger partial charge on any atom is 0.125 e. The van der Waals surface area contributed by atoms with Gasteiger partial charge in [-0.15, -0.1) is 0 Å². The lowest BCUT2D eigenvalue weighted by Crippen LogP contribution is -2.06. The summed E-state index contributed by atoms with van der Waals surface area (Å²) < 4.78 is 19.0. The Balaban J connectivity index is 1.59. The first-order chi connectivity index (χ1) is 15.0. The summed E-state index contributed by atoms with van der Waals surface area (Å²) in [6.45, 7) is 9.59. The summed E-state index contributed by atoms with van der Waals surface area (Å²) in [5.74, 6) is 1.62. The molecule has 0 spiro atoms. The van der Waals surface area contributed by atoms with Crippen LogP contribution in [0.5, 0.6) is 0 Å². The van der Waals surface area contributed by atoms with Crippen molar-refractivity contribution in [3.05, 3.63) is 88.7 Å². The van der Waals surface area contributed by atoms with Crippen molar-refractivity contribution in [2.45, 2.75) is 40.2 Å². The first kappa shape index (κ1) is 22.5. The molecule has 0 bridgehead atoms. The van der Waals surface area contributed by atoms with Crippen LogP contribution in [-0.2, 0) is 4.74 Å². The highest BCUT2D eigenvalue weighted by molar-refractivity contribution is 5.98. The molecular formula is C26H30FN3O. The van der Waals surface area contributed by atoms with E-state index in [-0.39, 0.29) is 11.9 Å². The van der Waals surface area contributed by atoms with Gasteiger partial charge in [0.05, 0.1) is 25.4 Å². The molecule has 0 amide bonds. The van der Waals surface area contributed by atoms with E-state index in [1.54, 1.807) is 12.4 Å². The Morgan fingerprint density at radius 1 is 1.23 bits per heavy atom. The fourth-order valence-corrected chi connectivity index (χ4v) is 3.27. The number of benzene rings is 2. The molecule has 5 heteroatoms. The average Bonchev–Trinajstić information content (AvgIpc) is 3.51. The van der Waals surface area contributed by atoms with Gasteiger partial charge in [0.2, 0.25) is 0 Å². The second-order valence-corrected chi connectivity index (χ2v) is 7.76. The Hall–Kier alpha value is -3.21. The van der Waals surface area contributed by atoms with E-state index in [1.807, 2.05) is 44.3 Å². The molecule has 1 heterocycles. The third-order valence-electron chi connectivity index (χ3n) is 4.97. The largest absolute Gasteiger partial charge is 0.497 e. The van der Waals surface area contributed by atoms with Crippen molar-refractivity contribution in [2.75, 3.05) is 13.2 Å². The van der Waals surface area contributed by atoms with Gasteiger partial charge in [0.15, 0.2) is 0 Å². The van der Waals surface area contributed by atoms with Crippen molar-refractivity contribution in [1.29, 1.82) is 0 Å². The summed E-state index contributed by atoms with van der Waals surface area (Å²) in [5, 5.41) is 0. The lowest BCUT2D eigenvalue weighted by molar-refractivity contribution is 0.214. The van der Waals surface area contributed by atoms with Crippen LogP contribution in [0.15, 0.2) is 70.6 Å². The molecular weight excluding hydrogens is 389 g/mol. The van der Waals surface area contributed by atoms with Crippen molar-refractivity contribution in [1.82, 2.24) is 4.90 Å². The minimum atomic E-state index is -0.225. The van der Waals surface area contributed by atoms with E-state index in [9.17, 15) is 4.39 Å². The number of hydrogen-bond donors (Lipinski definition) is 0. The number of hydrogen-bond acceptors (Lipinski definition) is 3. The van der Waals surface area contributed by atoms with Crippen LogP contribution in [0.3, 0.4) is 0 Å². The zero-order chi connectivity index (χ0) is 22.2. The van der Waals surface area contributed by atoms with Crippen LogP contribution < -0.4 is 0 Å². The SMILES string of the molecule is CCCO/C(C)=C/N=Cc1cccc(C(C)N2CC2=N/C=C/c2cc(C)cc(F)c2)c1. The van der Waals surface area contributed by atoms with Crippen LogP contribution in [0.4, 0.5) is 4.39 Å². The van der Waals surface area contributed by atoms with Crippen LogP contribution in [0.1, 0.15) is 55.5 Å². The number of nitrogens with zero attached hydrogens (tertiary/aromatic N) is 3. The monoisotopic (exact) mass is 419 g/mol. The van der Waals surface area contributed by atoms with Gasteiger partial charge in [-0.1, -0.05) is 31.2 Å². The predicted octanol–water partition coefficient (Wildman–Crippen LogP) is 6.29. The van der Waals surface area contributed by atoms with Crippen molar-refractivity contribution < 1.29 is 9.13 Å². The third-order valence-corrected chi connectivity index (χ3v) is 4.97. The number of aliphatic imine (C=N–C) groups is 2. The summed E-state index contributed by atoms with van der Waals surface area (Å²) in [4.78, 5) is 11.1. The molecule has 0 N–H and O–H groups in total. The van der Waals surface area contributed by atoms with Crippen molar-refractivity contribution >= 4 is 18.1 Å². The number of halogens is 1. The number of amidine groups is 1. The van der Waals surface area contributed by atoms with Gasteiger partial charge in [-0.05, 0) is 73.7 Å². The highest BCUT2D eigenvalue weighted by Crippen LogP contribution is 2.28. The quantitative estimate of drug-likeness (QED) is 0.272. The maximum atomic E-state index is 13.5. The van der Waals surface area contributed by atoms with E-state index in [1.165, 1.54) is 17.7 Å². The second kappa shape index (κ2) is 10.7. The second-order valence-electron chi connectivity index (χ2n) is 7.76. The Labute approximate surface area is 184 Å². The third kappa shape index (κ3) is 6.92. The average molecular weight is 420 g/mol. The fraction of sp³-hybridized carbons (Fsp3) is 0.308. The summed E-state index contributed by atoms with van der Waals surface area (Å²) in [7, 11) is 0. The van der Waals surface area contributed by atoms with Crippen molar-refractivity contribution in [3.63, 3.8) is 0 Å². The van der Waals surface area contributed by atoms with E-state index < -0.39 is 0 Å². The summed E-state index contributed by atoms with van der Waals surface area (Å²) in [5.41, 5.74) is 3.97. The first-order valence-corrected chi connectivity index (χ1v) is 10.7. The van der Waals surface area contributed by atoms with Gasteiger partial charge in [-0.3, -0.25) is 4.99 Å². The zero-order valence-corrected chi connectivity index (χ0v) is 18.7. The highest BCUT2D eigenvalue weighted by Gasteiger charge is 2.32. The minimum absolute atomic E-state index is 0.224. The number of ether oxygens (including phenoxy) is 1. The molecule has 0 radical (unpaired) electrons.